The van der Waals surface area contributed by atoms with Crippen molar-refractivity contribution in [1.29, 1.82) is 0 Å². The fourth-order valence-corrected chi connectivity index (χ4v) is 1.80. The Labute approximate surface area is 129 Å². The van der Waals surface area contributed by atoms with Gasteiger partial charge >= 0.3 is 0 Å². The highest BCUT2D eigenvalue weighted by Crippen LogP contribution is 2.05. The summed E-state index contributed by atoms with van der Waals surface area (Å²) in [5.74, 6) is -0.482. The van der Waals surface area contributed by atoms with Crippen LogP contribution in [0, 0.1) is 0 Å². The number of hydrogen-bond donors (Lipinski definition) is 2. The molecule has 2 rings (SSSR count). The predicted octanol–water partition coefficient (Wildman–Crippen LogP) is 2.82. The maximum Gasteiger partial charge on any atom is 0.271 e. The summed E-state index contributed by atoms with van der Waals surface area (Å²) in [7, 11) is 0. The number of para-hydroxylation sites is 1. The standard InChI is InChI=1S/C17H17N3O2/c1-13(12-16(21)18-15-10-6-3-7-11-15)19-20-17(22)14-8-4-2-5-9-14/h2-11H,12H2,1H3,(H,18,21)(H,20,22). The Morgan fingerprint density at radius 1 is 0.955 bits per heavy atom. The molecule has 2 N–H and O–H groups in total. The number of hydrogen-bond acceptors (Lipinski definition) is 3. The van der Waals surface area contributed by atoms with Gasteiger partial charge in [0, 0.05) is 17.0 Å². The minimum absolute atomic E-state index is 0.115. The van der Waals surface area contributed by atoms with Crippen molar-refractivity contribution in [3.8, 4) is 0 Å². The molecule has 5 nitrogen and oxygen atoms in total. The van der Waals surface area contributed by atoms with Crippen molar-refractivity contribution < 1.29 is 9.59 Å². The Bertz CT molecular complexity index is 667. The molecule has 0 fully saturated rings. The van der Waals surface area contributed by atoms with Crippen LogP contribution in [0.15, 0.2) is 65.8 Å². The third-order valence-electron chi connectivity index (χ3n) is 2.86. The van der Waals surface area contributed by atoms with Gasteiger partial charge < -0.3 is 5.32 Å². The second-order valence-electron chi connectivity index (χ2n) is 4.75. The molecule has 0 bridgehead atoms. The lowest BCUT2D eigenvalue weighted by Crippen LogP contribution is -2.21. The fraction of sp³-hybridized carbons (Fsp3) is 0.118. The Hall–Kier alpha value is -2.95. The second-order valence-corrected chi connectivity index (χ2v) is 4.75. The quantitative estimate of drug-likeness (QED) is 0.657. The van der Waals surface area contributed by atoms with Crippen LogP contribution in [0.25, 0.3) is 0 Å². The van der Waals surface area contributed by atoms with Crippen LogP contribution >= 0.6 is 0 Å². The second kappa shape index (κ2) is 7.73. The van der Waals surface area contributed by atoms with Crippen molar-refractivity contribution in [2.24, 2.45) is 5.10 Å². The molecule has 0 spiro atoms. The zero-order valence-corrected chi connectivity index (χ0v) is 12.2. The molecule has 0 aliphatic carbocycles. The summed E-state index contributed by atoms with van der Waals surface area (Å²) in [6, 6.07) is 18.0. The highest BCUT2D eigenvalue weighted by Gasteiger charge is 2.06. The van der Waals surface area contributed by atoms with Crippen molar-refractivity contribution in [3.63, 3.8) is 0 Å². The molecule has 2 aromatic rings. The Morgan fingerprint density at radius 3 is 2.18 bits per heavy atom. The van der Waals surface area contributed by atoms with Crippen LogP contribution < -0.4 is 10.7 Å². The highest BCUT2D eigenvalue weighted by molar-refractivity contribution is 6.06. The van der Waals surface area contributed by atoms with Crippen LogP contribution in [-0.2, 0) is 4.79 Å². The van der Waals surface area contributed by atoms with Gasteiger partial charge in [-0.1, -0.05) is 36.4 Å². The molecule has 0 unspecified atom stereocenters. The third-order valence-corrected chi connectivity index (χ3v) is 2.86. The van der Waals surface area contributed by atoms with Gasteiger partial charge in [0.15, 0.2) is 0 Å². The number of amides is 2. The van der Waals surface area contributed by atoms with E-state index in [0.29, 0.717) is 11.3 Å². The average molecular weight is 295 g/mol. The van der Waals surface area contributed by atoms with Crippen LogP contribution in [0.5, 0.6) is 0 Å². The van der Waals surface area contributed by atoms with Gasteiger partial charge in [-0.25, -0.2) is 5.43 Å². The molecule has 2 aromatic carbocycles. The number of benzene rings is 2. The first-order valence-corrected chi connectivity index (χ1v) is 6.88. The van der Waals surface area contributed by atoms with Gasteiger partial charge in [-0.05, 0) is 31.2 Å². The van der Waals surface area contributed by atoms with E-state index >= 15 is 0 Å². The van der Waals surface area contributed by atoms with Crippen LogP contribution in [0.1, 0.15) is 23.7 Å². The molecule has 0 aliphatic rings. The minimum Gasteiger partial charge on any atom is -0.326 e. The molecule has 0 saturated carbocycles. The molecule has 0 aromatic heterocycles. The van der Waals surface area contributed by atoms with E-state index in [2.05, 4.69) is 15.8 Å². The Morgan fingerprint density at radius 2 is 1.55 bits per heavy atom. The first kappa shape index (κ1) is 15.4. The summed E-state index contributed by atoms with van der Waals surface area (Å²) in [5, 5.41) is 6.70. The van der Waals surface area contributed by atoms with Gasteiger partial charge in [0.1, 0.15) is 0 Å². The molecular formula is C17H17N3O2. The first-order valence-electron chi connectivity index (χ1n) is 6.88. The van der Waals surface area contributed by atoms with Crippen LogP contribution in [0.3, 0.4) is 0 Å². The molecule has 0 atom stereocenters. The molecule has 0 aliphatic heterocycles. The molecule has 0 heterocycles. The fourth-order valence-electron chi connectivity index (χ4n) is 1.80. The van der Waals surface area contributed by atoms with Gasteiger partial charge in [0.2, 0.25) is 5.91 Å². The molecular weight excluding hydrogens is 278 g/mol. The van der Waals surface area contributed by atoms with E-state index in [-0.39, 0.29) is 18.2 Å². The normalized spacial score (nSPS) is 10.9. The van der Waals surface area contributed by atoms with Gasteiger partial charge in [-0.15, -0.1) is 0 Å². The van der Waals surface area contributed by atoms with Gasteiger partial charge in [0.05, 0.1) is 6.42 Å². The van der Waals surface area contributed by atoms with E-state index in [1.165, 1.54) is 0 Å². The van der Waals surface area contributed by atoms with Crippen molar-refractivity contribution >= 4 is 23.2 Å². The van der Waals surface area contributed by atoms with E-state index < -0.39 is 0 Å². The van der Waals surface area contributed by atoms with Gasteiger partial charge in [0.25, 0.3) is 5.91 Å². The maximum absolute atomic E-state index is 11.8. The van der Waals surface area contributed by atoms with Crippen LogP contribution in [-0.4, -0.2) is 17.5 Å². The molecule has 0 saturated heterocycles. The monoisotopic (exact) mass is 295 g/mol. The zero-order chi connectivity index (χ0) is 15.8. The van der Waals surface area contributed by atoms with Gasteiger partial charge in [-0.2, -0.15) is 5.10 Å². The summed E-state index contributed by atoms with van der Waals surface area (Å²) in [6.07, 6.45) is 0.115. The number of nitrogens with one attached hydrogen (secondary N) is 2. The molecule has 112 valence electrons. The third kappa shape index (κ3) is 4.86. The highest BCUT2D eigenvalue weighted by atomic mass is 16.2. The predicted molar refractivity (Wildman–Crippen MR) is 86.7 cm³/mol. The molecule has 2 amide bonds. The minimum atomic E-state index is -0.302. The smallest absolute Gasteiger partial charge is 0.271 e. The largest absolute Gasteiger partial charge is 0.326 e. The Kier molecular flexibility index (Phi) is 5.43. The van der Waals surface area contributed by atoms with Crippen molar-refractivity contribution in [2.75, 3.05) is 5.32 Å². The van der Waals surface area contributed by atoms with Crippen molar-refractivity contribution in [3.05, 3.63) is 66.2 Å². The maximum atomic E-state index is 11.8. The summed E-state index contributed by atoms with van der Waals surface area (Å²) < 4.78 is 0. The number of hydrazone groups is 1. The topological polar surface area (TPSA) is 70.6 Å². The lowest BCUT2D eigenvalue weighted by atomic mass is 10.2. The summed E-state index contributed by atoms with van der Waals surface area (Å²) in [4.78, 5) is 23.6. The number of anilines is 1. The first-order chi connectivity index (χ1) is 10.6. The van der Waals surface area contributed by atoms with Crippen molar-refractivity contribution in [2.45, 2.75) is 13.3 Å². The van der Waals surface area contributed by atoms with Crippen molar-refractivity contribution in [1.82, 2.24) is 5.43 Å². The summed E-state index contributed by atoms with van der Waals surface area (Å²) in [6.45, 7) is 1.69. The Balaban J connectivity index is 1.85. The number of rotatable bonds is 5. The lowest BCUT2D eigenvalue weighted by Gasteiger charge is -2.05. The van der Waals surface area contributed by atoms with E-state index in [9.17, 15) is 9.59 Å². The van der Waals surface area contributed by atoms with Crippen LogP contribution in [0.2, 0.25) is 0 Å². The van der Waals surface area contributed by atoms with E-state index in [4.69, 9.17) is 0 Å². The molecule has 22 heavy (non-hydrogen) atoms. The number of nitrogens with zero attached hydrogens (tertiary/aromatic N) is 1. The zero-order valence-electron chi connectivity index (χ0n) is 12.2. The van der Waals surface area contributed by atoms with E-state index in [0.717, 1.165) is 5.69 Å². The summed E-state index contributed by atoms with van der Waals surface area (Å²) >= 11 is 0. The molecule has 5 heteroatoms. The van der Waals surface area contributed by atoms with E-state index in [1.807, 2.05) is 36.4 Å². The average Bonchev–Trinajstić information content (AvgIpc) is 2.54. The molecule has 0 radical (unpaired) electrons. The number of carbonyl (C=O) groups excluding carboxylic acids is 2. The van der Waals surface area contributed by atoms with Gasteiger partial charge in [-0.3, -0.25) is 9.59 Å². The number of carbonyl (C=O) groups is 2. The van der Waals surface area contributed by atoms with Crippen LogP contribution in [0.4, 0.5) is 5.69 Å². The SMILES string of the molecule is CC(CC(=O)Nc1ccccc1)=NNC(=O)c1ccccc1. The summed E-state index contributed by atoms with van der Waals surface area (Å²) in [5.41, 5.74) is 4.21. The lowest BCUT2D eigenvalue weighted by molar-refractivity contribution is -0.115. The van der Waals surface area contributed by atoms with E-state index in [1.54, 1.807) is 31.2 Å².